The Morgan fingerprint density at radius 1 is 1.44 bits per heavy atom. The van der Waals surface area contributed by atoms with Crippen LogP contribution in [0.3, 0.4) is 0 Å². The summed E-state index contributed by atoms with van der Waals surface area (Å²) in [5.41, 5.74) is -0.491. The van der Waals surface area contributed by atoms with Gasteiger partial charge in [-0.2, -0.15) is 5.06 Å². The lowest BCUT2D eigenvalue weighted by molar-refractivity contribution is -0.120. The molecule has 5 heteroatoms. The fourth-order valence-corrected chi connectivity index (χ4v) is 1.44. The highest BCUT2D eigenvalue weighted by atomic mass is 79.9. The molecule has 1 aromatic rings. The van der Waals surface area contributed by atoms with Crippen LogP contribution in [0.15, 0.2) is 22.7 Å². The van der Waals surface area contributed by atoms with Gasteiger partial charge in [-0.25, -0.2) is 4.39 Å². The number of rotatable bonds is 3. The maximum absolute atomic E-state index is 13.7. The fourth-order valence-electron chi connectivity index (χ4n) is 1.09. The van der Waals surface area contributed by atoms with E-state index in [4.69, 9.17) is 4.84 Å². The Kier molecular flexibility index (Phi) is 4.04. The zero-order valence-electron chi connectivity index (χ0n) is 9.33. The Bertz CT molecular complexity index is 390. The van der Waals surface area contributed by atoms with Crippen molar-refractivity contribution < 1.29 is 14.0 Å². The lowest BCUT2D eigenvalue weighted by atomic mass is 10.2. The zero-order chi connectivity index (χ0) is 12.3. The number of nitrogens with zero attached hydrogens (tertiary/aromatic N) is 1. The summed E-state index contributed by atoms with van der Waals surface area (Å²) in [4.78, 5) is 16.2. The van der Waals surface area contributed by atoms with Gasteiger partial charge in [0.1, 0.15) is 5.69 Å². The van der Waals surface area contributed by atoms with Crippen molar-refractivity contribution in [3.8, 4) is 0 Å². The molecule has 16 heavy (non-hydrogen) atoms. The number of carbonyl (C=O) groups is 1. The minimum atomic E-state index is -0.574. The highest BCUT2D eigenvalue weighted by Gasteiger charge is 2.20. The number of halogens is 2. The highest BCUT2D eigenvalue weighted by Crippen LogP contribution is 2.27. The fraction of sp³-hybridized carbons (Fsp3) is 0.364. The predicted octanol–water partition coefficient (Wildman–Crippen LogP) is 3.28. The molecular formula is C11H13BrFNO2. The molecule has 0 fully saturated rings. The Morgan fingerprint density at radius 2 is 2.06 bits per heavy atom. The lowest BCUT2D eigenvalue weighted by Gasteiger charge is -2.26. The van der Waals surface area contributed by atoms with E-state index in [9.17, 15) is 9.18 Å². The smallest absolute Gasteiger partial charge is 0.238 e. The summed E-state index contributed by atoms with van der Waals surface area (Å²) in [6, 6.07) is 4.66. The molecule has 0 radical (unpaired) electrons. The third-order valence-corrected chi connectivity index (χ3v) is 2.25. The molecule has 0 atom stereocenters. The van der Waals surface area contributed by atoms with Crippen LogP contribution in [0, 0.1) is 5.82 Å². The molecule has 3 nitrogen and oxygen atoms in total. The molecule has 0 heterocycles. The van der Waals surface area contributed by atoms with E-state index in [1.807, 2.05) is 0 Å². The van der Waals surface area contributed by atoms with E-state index >= 15 is 0 Å². The molecule has 0 N–H and O–H groups in total. The van der Waals surface area contributed by atoms with Crippen LogP contribution >= 0.6 is 15.9 Å². The van der Waals surface area contributed by atoms with E-state index in [1.54, 1.807) is 32.9 Å². The van der Waals surface area contributed by atoms with Gasteiger partial charge in [0, 0.05) is 0 Å². The summed E-state index contributed by atoms with van der Waals surface area (Å²) >= 11 is 3.05. The number of hydrogen-bond acceptors (Lipinski definition) is 2. The number of hydroxylamine groups is 1. The second kappa shape index (κ2) is 4.93. The standard InChI is InChI=1S/C11H13BrFNO2/c1-11(2,3)16-14(7-15)9-6-4-5-8(12)10(9)13/h4-7H,1-3H3. The van der Waals surface area contributed by atoms with Crippen LogP contribution in [0.2, 0.25) is 0 Å². The van der Waals surface area contributed by atoms with Crippen molar-refractivity contribution in [2.45, 2.75) is 26.4 Å². The molecule has 1 aromatic carbocycles. The van der Waals surface area contributed by atoms with Gasteiger partial charge in [-0.3, -0.25) is 9.63 Å². The van der Waals surface area contributed by atoms with E-state index in [-0.39, 0.29) is 10.2 Å². The summed E-state index contributed by atoms with van der Waals surface area (Å²) in [5, 5.41) is 0.889. The molecule has 1 rings (SSSR count). The third-order valence-electron chi connectivity index (χ3n) is 1.64. The Labute approximate surface area is 102 Å². The van der Waals surface area contributed by atoms with Crippen LogP contribution in [0.4, 0.5) is 10.1 Å². The maximum Gasteiger partial charge on any atom is 0.238 e. The van der Waals surface area contributed by atoms with E-state index in [0.717, 1.165) is 5.06 Å². The molecule has 0 unspecified atom stereocenters. The molecule has 0 aromatic heterocycles. The van der Waals surface area contributed by atoms with Gasteiger partial charge in [0.2, 0.25) is 6.41 Å². The molecule has 0 aliphatic heterocycles. The maximum atomic E-state index is 13.7. The van der Waals surface area contributed by atoms with Gasteiger partial charge in [0.15, 0.2) is 5.82 Å². The largest absolute Gasteiger partial charge is 0.276 e. The first kappa shape index (κ1) is 13.1. The van der Waals surface area contributed by atoms with E-state index < -0.39 is 11.4 Å². The van der Waals surface area contributed by atoms with Gasteiger partial charge >= 0.3 is 0 Å². The molecule has 0 spiro atoms. The zero-order valence-corrected chi connectivity index (χ0v) is 10.9. The average molecular weight is 290 g/mol. The van der Waals surface area contributed by atoms with Crippen LogP contribution in [0.25, 0.3) is 0 Å². The molecule has 0 aliphatic carbocycles. The molecule has 88 valence electrons. The van der Waals surface area contributed by atoms with Crippen molar-refractivity contribution in [3.63, 3.8) is 0 Å². The van der Waals surface area contributed by atoms with E-state index in [2.05, 4.69) is 15.9 Å². The average Bonchev–Trinajstić information content (AvgIpc) is 2.18. The van der Waals surface area contributed by atoms with Gasteiger partial charge in [-0.05, 0) is 48.8 Å². The summed E-state index contributed by atoms with van der Waals surface area (Å²) in [5.74, 6) is -0.529. The van der Waals surface area contributed by atoms with Crippen molar-refractivity contribution in [1.82, 2.24) is 0 Å². The summed E-state index contributed by atoms with van der Waals surface area (Å²) in [6.07, 6.45) is 0.441. The molecule has 0 bridgehead atoms. The summed E-state index contributed by atoms with van der Waals surface area (Å²) < 4.78 is 14.0. The van der Waals surface area contributed by atoms with E-state index in [0.29, 0.717) is 6.41 Å². The lowest BCUT2D eigenvalue weighted by Crippen LogP contribution is -2.33. The molecule has 0 aliphatic rings. The minimum Gasteiger partial charge on any atom is -0.276 e. The van der Waals surface area contributed by atoms with Crippen LogP contribution in [-0.4, -0.2) is 12.0 Å². The predicted molar refractivity (Wildman–Crippen MR) is 63.5 cm³/mol. The number of carbonyl (C=O) groups excluding carboxylic acids is 1. The highest BCUT2D eigenvalue weighted by molar-refractivity contribution is 9.10. The number of benzene rings is 1. The molecule has 0 saturated carbocycles. The third kappa shape index (κ3) is 3.28. The summed E-state index contributed by atoms with van der Waals surface area (Å²) in [6.45, 7) is 5.33. The van der Waals surface area contributed by atoms with Gasteiger partial charge in [0.25, 0.3) is 0 Å². The Hall–Kier alpha value is -0.940. The number of anilines is 1. The topological polar surface area (TPSA) is 29.5 Å². The summed E-state index contributed by atoms with van der Waals surface area (Å²) in [7, 11) is 0. The minimum absolute atomic E-state index is 0.0827. The van der Waals surface area contributed by atoms with Crippen LogP contribution in [0.5, 0.6) is 0 Å². The number of amides is 1. The van der Waals surface area contributed by atoms with Crippen molar-refractivity contribution >= 4 is 28.0 Å². The second-order valence-corrected chi connectivity index (χ2v) is 5.06. The first-order valence-corrected chi connectivity index (χ1v) is 5.52. The molecule has 0 saturated heterocycles. The van der Waals surface area contributed by atoms with Gasteiger partial charge in [0.05, 0.1) is 10.1 Å². The van der Waals surface area contributed by atoms with Crippen molar-refractivity contribution in [2.24, 2.45) is 0 Å². The SMILES string of the molecule is CC(C)(C)ON(C=O)c1cccc(Br)c1F. The van der Waals surface area contributed by atoms with Crippen molar-refractivity contribution in [1.29, 1.82) is 0 Å². The first-order valence-electron chi connectivity index (χ1n) is 4.73. The Morgan fingerprint density at radius 3 is 2.56 bits per heavy atom. The monoisotopic (exact) mass is 289 g/mol. The van der Waals surface area contributed by atoms with Crippen LogP contribution in [-0.2, 0) is 9.63 Å². The van der Waals surface area contributed by atoms with Crippen LogP contribution < -0.4 is 5.06 Å². The van der Waals surface area contributed by atoms with Crippen molar-refractivity contribution in [2.75, 3.05) is 5.06 Å². The van der Waals surface area contributed by atoms with Gasteiger partial charge in [-0.1, -0.05) is 6.07 Å². The van der Waals surface area contributed by atoms with Gasteiger partial charge in [-0.15, -0.1) is 0 Å². The van der Waals surface area contributed by atoms with Crippen LogP contribution in [0.1, 0.15) is 20.8 Å². The normalized spacial score (nSPS) is 11.3. The van der Waals surface area contributed by atoms with E-state index in [1.165, 1.54) is 6.07 Å². The number of hydrogen-bond donors (Lipinski definition) is 0. The van der Waals surface area contributed by atoms with Gasteiger partial charge < -0.3 is 0 Å². The molecule has 1 amide bonds. The van der Waals surface area contributed by atoms with Crippen molar-refractivity contribution in [3.05, 3.63) is 28.5 Å². The first-order chi connectivity index (χ1) is 7.35. The Balaban J connectivity index is 3.05. The molecular weight excluding hydrogens is 277 g/mol. The second-order valence-electron chi connectivity index (χ2n) is 4.21. The quantitative estimate of drug-likeness (QED) is 0.631.